The summed E-state index contributed by atoms with van der Waals surface area (Å²) in [5.74, 6) is -0.944. The third-order valence-electron chi connectivity index (χ3n) is 5.05. The van der Waals surface area contributed by atoms with Gasteiger partial charge in [-0.1, -0.05) is 29.3 Å². The molecular formula is C25H16ClIN2O7. The largest absolute Gasteiger partial charge is 0.493 e. The van der Waals surface area contributed by atoms with Gasteiger partial charge in [0.25, 0.3) is 5.69 Å². The van der Waals surface area contributed by atoms with Crippen molar-refractivity contribution in [2.75, 3.05) is 7.11 Å². The molecular weight excluding hydrogens is 603 g/mol. The minimum Gasteiger partial charge on any atom is -0.493 e. The summed E-state index contributed by atoms with van der Waals surface area (Å²) in [4.78, 5) is 39.7. The number of cyclic esters (lactones) is 1. The fraction of sp³-hybridized carbons (Fsp3) is 0.0800. The molecule has 0 unspecified atom stereocenters. The second-order valence-electron chi connectivity index (χ2n) is 7.55. The number of ether oxygens (including phenoxy) is 3. The molecule has 0 spiro atoms. The molecule has 0 saturated carbocycles. The van der Waals surface area contributed by atoms with E-state index in [0.29, 0.717) is 14.7 Å². The number of hydrogen-bond donors (Lipinski definition) is 0. The molecule has 3 aromatic carbocycles. The first kappa shape index (κ1) is 25.3. The average Bonchev–Trinajstić information content (AvgIpc) is 3.20. The van der Waals surface area contributed by atoms with E-state index in [0.717, 1.165) is 5.56 Å². The van der Waals surface area contributed by atoms with Crippen LogP contribution in [0.25, 0.3) is 6.08 Å². The average molecular weight is 619 g/mol. The second kappa shape index (κ2) is 10.5. The molecule has 1 heterocycles. The Morgan fingerprint density at radius 3 is 2.56 bits per heavy atom. The number of nitro benzene ring substituents is 1. The smallest absolute Gasteiger partial charge is 0.363 e. The molecule has 1 aliphatic heterocycles. The first-order chi connectivity index (χ1) is 17.2. The van der Waals surface area contributed by atoms with Crippen molar-refractivity contribution in [2.24, 2.45) is 4.99 Å². The summed E-state index contributed by atoms with van der Waals surface area (Å²) in [5, 5.41) is 11.2. The van der Waals surface area contributed by atoms with E-state index in [2.05, 4.69) is 4.99 Å². The molecule has 0 atom stereocenters. The minimum atomic E-state index is -0.753. The highest BCUT2D eigenvalue weighted by Crippen LogP contribution is 2.36. The lowest BCUT2D eigenvalue weighted by Crippen LogP contribution is -2.10. The van der Waals surface area contributed by atoms with Crippen LogP contribution in [0.15, 0.2) is 65.3 Å². The van der Waals surface area contributed by atoms with Crippen molar-refractivity contribution in [2.45, 2.75) is 6.92 Å². The number of carbonyl (C=O) groups is 2. The fourth-order valence-electron chi connectivity index (χ4n) is 3.24. The molecule has 1 aliphatic rings. The van der Waals surface area contributed by atoms with Gasteiger partial charge in [-0.3, -0.25) is 10.1 Å². The maximum Gasteiger partial charge on any atom is 0.363 e. The van der Waals surface area contributed by atoms with Crippen LogP contribution in [-0.4, -0.2) is 29.9 Å². The van der Waals surface area contributed by atoms with Gasteiger partial charge < -0.3 is 14.2 Å². The minimum absolute atomic E-state index is 0.0465. The van der Waals surface area contributed by atoms with Crippen LogP contribution in [0.4, 0.5) is 5.69 Å². The number of carbonyl (C=O) groups excluding carboxylic acids is 2. The summed E-state index contributed by atoms with van der Waals surface area (Å²) in [6.45, 7) is 1.92. The van der Waals surface area contributed by atoms with Gasteiger partial charge in [-0.05, 0) is 71.5 Å². The van der Waals surface area contributed by atoms with Crippen molar-refractivity contribution >= 4 is 63.8 Å². The van der Waals surface area contributed by atoms with Gasteiger partial charge in [0.05, 0.1) is 31.8 Å². The summed E-state index contributed by atoms with van der Waals surface area (Å²) < 4.78 is 16.7. The lowest BCUT2D eigenvalue weighted by Gasteiger charge is -2.12. The third kappa shape index (κ3) is 5.39. The van der Waals surface area contributed by atoms with Crippen LogP contribution in [-0.2, 0) is 9.53 Å². The SMILES string of the molecule is COc1cc(/C=C2\N=C(c3cc([N+](=O)[O-])ccc3Cl)OC2=O)cc(I)c1OC(=O)c1ccc(C)cc1. The number of methoxy groups -OCH3 is 1. The highest BCUT2D eigenvalue weighted by molar-refractivity contribution is 14.1. The molecule has 36 heavy (non-hydrogen) atoms. The van der Waals surface area contributed by atoms with E-state index in [1.54, 1.807) is 24.3 Å². The first-order valence-corrected chi connectivity index (χ1v) is 11.7. The highest BCUT2D eigenvalue weighted by atomic mass is 127. The normalized spacial score (nSPS) is 13.8. The number of hydrogen-bond acceptors (Lipinski definition) is 8. The number of rotatable bonds is 6. The van der Waals surface area contributed by atoms with Gasteiger partial charge >= 0.3 is 11.9 Å². The molecule has 9 nitrogen and oxygen atoms in total. The monoisotopic (exact) mass is 618 g/mol. The predicted molar refractivity (Wildman–Crippen MR) is 141 cm³/mol. The Balaban J connectivity index is 1.64. The molecule has 182 valence electrons. The van der Waals surface area contributed by atoms with E-state index < -0.39 is 16.9 Å². The Kier molecular flexibility index (Phi) is 7.36. The predicted octanol–water partition coefficient (Wildman–Crippen LogP) is 5.73. The summed E-state index contributed by atoms with van der Waals surface area (Å²) in [5.41, 5.74) is 1.78. The molecule has 3 aromatic rings. The summed E-state index contributed by atoms with van der Waals surface area (Å²) in [6.07, 6.45) is 1.46. The molecule has 0 aliphatic carbocycles. The van der Waals surface area contributed by atoms with Gasteiger partial charge in [-0.15, -0.1) is 0 Å². The number of non-ortho nitro benzene ring substituents is 1. The van der Waals surface area contributed by atoms with Gasteiger partial charge in [-0.25, -0.2) is 14.6 Å². The van der Waals surface area contributed by atoms with Crippen LogP contribution in [0.5, 0.6) is 11.5 Å². The number of esters is 2. The van der Waals surface area contributed by atoms with Crippen LogP contribution in [0.3, 0.4) is 0 Å². The molecule has 0 N–H and O–H groups in total. The number of nitrogens with zero attached hydrogens (tertiary/aromatic N) is 2. The van der Waals surface area contributed by atoms with Crippen LogP contribution < -0.4 is 9.47 Å². The molecule has 0 bridgehead atoms. The number of halogens is 2. The topological polar surface area (TPSA) is 117 Å². The number of aryl methyl sites for hydroxylation is 1. The Labute approximate surface area is 223 Å². The molecule has 0 radical (unpaired) electrons. The number of benzene rings is 3. The lowest BCUT2D eigenvalue weighted by molar-refractivity contribution is -0.384. The molecule has 0 fully saturated rings. The van der Waals surface area contributed by atoms with Gasteiger partial charge in [-0.2, -0.15) is 0 Å². The van der Waals surface area contributed by atoms with Crippen molar-refractivity contribution in [1.82, 2.24) is 0 Å². The van der Waals surface area contributed by atoms with Crippen LogP contribution in [0.1, 0.15) is 27.0 Å². The van der Waals surface area contributed by atoms with Crippen LogP contribution >= 0.6 is 34.2 Å². The summed E-state index contributed by atoms with van der Waals surface area (Å²) in [6, 6.07) is 14.0. The molecule has 0 amide bonds. The van der Waals surface area contributed by atoms with Gasteiger partial charge in [0.2, 0.25) is 5.90 Å². The van der Waals surface area contributed by atoms with Crippen molar-refractivity contribution < 1.29 is 28.7 Å². The number of aliphatic imine (C=N–C) groups is 1. The van der Waals surface area contributed by atoms with Crippen LogP contribution in [0.2, 0.25) is 5.02 Å². The van der Waals surface area contributed by atoms with E-state index in [-0.39, 0.29) is 39.4 Å². The standard InChI is InChI=1S/C25H16ClIN2O7/c1-13-3-5-15(6-4-13)24(30)35-22-19(27)9-14(11-21(22)34-2)10-20-25(31)36-23(28-20)17-12-16(29(32)33)7-8-18(17)26/h3-12H,1-2H3/b20-10-. The fourth-order valence-corrected chi connectivity index (χ4v) is 4.17. The second-order valence-corrected chi connectivity index (χ2v) is 9.12. The Bertz CT molecular complexity index is 1470. The van der Waals surface area contributed by atoms with Gasteiger partial charge in [0.1, 0.15) is 0 Å². The maximum atomic E-state index is 12.6. The Morgan fingerprint density at radius 1 is 1.17 bits per heavy atom. The zero-order valence-electron chi connectivity index (χ0n) is 18.8. The maximum absolute atomic E-state index is 12.6. The molecule has 0 saturated heterocycles. The first-order valence-electron chi connectivity index (χ1n) is 10.3. The van der Waals surface area contributed by atoms with Crippen molar-refractivity contribution in [3.63, 3.8) is 0 Å². The van der Waals surface area contributed by atoms with Crippen molar-refractivity contribution in [3.05, 3.63) is 101 Å². The zero-order valence-corrected chi connectivity index (χ0v) is 21.7. The van der Waals surface area contributed by atoms with E-state index in [1.807, 2.05) is 41.6 Å². The summed E-state index contributed by atoms with van der Waals surface area (Å²) in [7, 11) is 1.43. The molecule has 4 rings (SSSR count). The van der Waals surface area contributed by atoms with Gasteiger partial charge in [0, 0.05) is 12.1 Å². The van der Waals surface area contributed by atoms with Crippen LogP contribution in [0, 0.1) is 20.6 Å². The zero-order chi connectivity index (χ0) is 26.0. The van der Waals surface area contributed by atoms with E-state index >= 15 is 0 Å². The Hall–Kier alpha value is -3.77. The van der Waals surface area contributed by atoms with E-state index in [9.17, 15) is 19.7 Å². The van der Waals surface area contributed by atoms with Crippen molar-refractivity contribution in [3.8, 4) is 11.5 Å². The van der Waals surface area contributed by atoms with Crippen molar-refractivity contribution in [1.29, 1.82) is 0 Å². The number of nitro groups is 1. The quantitative estimate of drug-likeness (QED) is 0.0864. The molecule has 11 heteroatoms. The summed E-state index contributed by atoms with van der Waals surface area (Å²) >= 11 is 8.13. The Morgan fingerprint density at radius 2 is 1.89 bits per heavy atom. The van der Waals surface area contributed by atoms with Gasteiger partial charge in [0.15, 0.2) is 17.2 Å². The third-order valence-corrected chi connectivity index (χ3v) is 6.18. The highest BCUT2D eigenvalue weighted by Gasteiger charge is 2.27. The lowest BCUT2D eigenvalue weighted by atomic mass is 10.1. The van der Waals surface area contributed by atoms with E-state index in [1.165, 1.54) is 31.4 Å². The van der Waals surface area contributed by atoms with E-state index in [4.69, 9.17) is 25.8 Å². The molecule has 0 aromatic heterocycles.